The highest BCUT2D eigenvalue weighted by Gasteiger charge is 2.16. The Hall–Kier alpha value is -3.34. The minimum atomic E-state index is -1.20. The van der Waals surface area contributed by atoms with Gasteiger partial charge in [-0.05, 0) is 46.7 Å². The van der Waals surface area contributed by atoms with E-state index in [0.29, 0.717) is 11.3 Å². The van der Waals surface area contributed by atoms with Gasteiger partial charge in [0.15, 0.2) is 0 Å². The van der Waals surface area contributed by atoms with Gasteiger partial charge in [-0.1, -0.05) is 51.1 Å². The van der Waals surface area contributed by atoms with Crippen molar-refractivity contribution in [3.8, 4) is 0 Å². The summed E-state index contributed by atoms with van der Waals surface area (Å²) in [6.45, 7) is 6.27. The van der Waals surface area contributed by atoms with Crippen LogP contribution < -0.4 is 5.32 Å². The van der Waals surface area contributed by atoms with Crippen LogP contribution in [0.1, 0.15) is 42.4 Å². The predicted molar refractivity (Wildman–Crippen MR) is 107 cm³/mol. The van der Waals surface area contributed by atoms with Gasteiger partial charge in [-0.3, -0.25) is 4.79 Å². The summed E-state index contributed by atoms with van der Waals surface area (Å²) in [7, 11) is 0. The van der Waals surface area contributed by atoms with Gasteiger partial charge in [0, 0.05) is 16.8 Å². The van der Waals surface area contributed by atoms with Crippen LogP contribution in [0.4, 0.5) is 0 Å². The summed E-state index contributed by atoms with van der Waals surface area (Å²) in [6, 6.07) is 16.7. The quantitative estimate of drug-likeness (QED) is 0.605. The second-order valence-electron chi connectivity index (χ2n) is 7.46. The highest BCUT2D eigenvalue weighted by molar-refractivity contribution is 6.03. The maximum Gasteiger partial charge on any atom is 0.352 e. The highest BCUT2D eigenvalue weighted by atomic mass is 16.4. The molecule has 138 valence electrons. The van der Waals surface area contributed by atoms with Crippen LogP contribution in [0.2, 0.25) is 0 Å². The molecule has 0 bridgehead atoms. The number of aromatic nitrogens is 1. The second kappa shape index (κ2) is 7.11. The van der Waals surface area contributed by atoms with Crippen molar-refractivity contribution in [1.82, 2.24) is 10.3 Å². The topological polar surface area (TPSA) is 82.2 Å². The molecule has 0 atom stereocenters. The summed E-state index contributed by atoms with van der Waals surface area (Å²) in [5.74, 6) is -1.66. The molecule has 0 aliphatic carbocycles. The van der Waals surface area contributed by atoms with E-state index in [2.05, 4.69) is 31.1 Å². The lowest BCUT2D eigenvalue weighted by molar-refractivity contribution is -0.132. The third-order valence-electron chi connectivity index (χ3n) is 4.34. The van der Waals surface area contributed by atoms with Crippen LogP contribution in [-0.2, 0) is 10.2 Å². The zero-order valence-electron chi connectivity index (χ0n) is 15.5. The number of aliphatic carboxylic acids is 1. The second-order valence-corrected chi connectivity index (χ2v) is 7.46. The molecular weight excluding hydrogens is 340 g/mol. The van der Waals surface area contributed by atoms with Crippen molar-refractivity contribution < 1.29 is 14.7 Å². The highest BCUT2D eigenvalue weighted by Crippen LogP contribution is 2.22. The Morgan fingerprint density at radius 1 is 1.04 bits per heavy atom. The Bertz CT molecular complexity index is 989. The van der Waals surface area contributed by atoms with Crippen molar-refractivity contribution in [2.24, 2.45) is 0 Å². The SMILES string of the molecule is CC(C)(C)c1ccc(C(=O)NC(=Cc2cc3ccccc3[nH]2)C(=O)O)cc1. The molecule has 3 N–H and O–H groups in total. The summed E-state index contributed by atoms with van der Waals surface area (Å²) < 4.78 is 0. The molecule has 0 radical (unpaired) electrons. The van der Waals surface area contributed by atoms with Gasteiger partial charge < -0.3 is 15.4 Å². The average molecular weight is 362 g/mol. The van der Waals surface area contributed by atoms with Crippen LogP contribution >= 0.6 is 0 Å². The molecule has 2 aromatic carbocycles. The van der Waals surface area contributed by atoms with E-state index in [1.54, 1.807) is 12.1 Å². The number of carbonyl (C=O) groups is 2. The van der Waals surface area contributed by atoms with Gasteiger partial charge in [-0.15, -0.1) is 0 Å². The molecule has 1 aromatic heterocycles. The number of H-pyrrole nitrogens is 1. The number of amides is 1. The number of nitrogens with one attached hydrogen (secondary N) is 2. The van der Waals surface area contributed by atoms with Crippen molar-refractivity contribution in [2.75, 3.05) is 0 Å². The summed E-state index contributed by atoms with van der Waals surface area (Å²) in [5.41, 5.74) is 2.82. The summed E-state index contributed by atoms with van der Waals surface area (Å²) >= 11 is 0. The number of benzene rings is 2. The fraction of sp³-hybridized carbons (Fsp3) is 0.182. The van der Waals surface area contributed by atoms with Gasteiger partial charge in [0.2, 0.25) is 0 Å². The molecule has 0 spiro atoms. The summed E-state index contributed by atoms with van der Waals surface area (Å²) in [5, 5.41) is 12.9. The summed E-state index contributed by atoms with van der Waals surface area (Å²) in [4.78, 5) is 27.2. The molecule has 1 amide bonds. The average Bonchev–Trinajstić information content (AvgIpc) is 3.02. The van der Waals surface area contributed by atoms with E-state index in [1.165, 1.54) is 6.08 Å². The Balaban J connectivity index is 1.83. The molecular formula is C22H22N2O3. The molecule has 3 aromatic rings. The zero-order valence-corrected chi connectivity index (χ0v) is 15.5. The number of carbonyl (C=O) groups excluding carboxylic acids is 1. The number of hydrogen-bond acceptors (Lipinski definition) is 2. The number of para-hydroxylation sites is 1. The van der Waals surface area contributed by atoms with Gasteiger partial charge >= 0.3 is 5.97 Å². The van der Waals surface area contributed by atoms with E-state index >= 15 is 0 Å². The van der Waals surface area contributed by atoms with Crippen molar-refractivity contribution in [1.29, 1.82) is 0 Å². The monoisotopic (exact) mass is 362 g/mol. The van der Waals surface area contributed by atoms with Gasteiger partial charge in [0.25, 0.3) is 5.91 Å². The maximum atomic E-state index is 12.5. The lowest BCUT2D eigenvalue weighted by atomic mass is 9.87. The smallest absolute Gasteiger partial charge is 0.352 e. The van der Waals surface area contributed by atoms with Crippen LogP contribution in [0.25, 0.3) is 17.0 Å². The normalized spacial score (nSPS) is 12.2. The molecule has 5 heteroatoms. The van der Waals surface area contributed by atoms with Crippen LogP contribution in [0, 0.1) is 0 Å². The first-order chi connectivity index (χ1) is 12.7. The zero-order chi connectivity index (χ0) is 19.6. The fourth-order valence-corrected chi connectivity index (χ4v) is 2.80. The minimum absolute atomic E-state index is 0.0171. The van der Waals surface area contributed by atoms with Crippen LogP contribution in [0.15, 0.2) is 60.3 Å². The van der Waals surface area contributed by atoms with Gasteiger partial charge in [-0.25, -0.2) is 4.79 Å². The standard InChI is InChI=1S/C22H22N2O3/c1-22(2,3)16-10-8-14(9-11-16)20(25)24-19(21(26)27)13-17-12-15-6-4-5-7-18(15)23-17/h4-13,23H,1-3H3,(H,24,25)(H,26,27). The predicted octanol–water partition coefficient (Wildman–Crippen LogP) is 4.32. The molecule has 27 heavy (non-hydrogen) atoms. The number of aromatic amines is 1. The molecule has 0 saturated carbocycles. The Kier molecular flexibility index (Phi) is 4.86. The molecule has 1 heterocycles. The Morgan fingerprint density at radius 2 is 1.70 bits per heavy atom. The lowest BCUT2D eigenvalue weighted by Gasteiger charge is -2.19. The van der Waals surface area contributed by atoms with Gasteiger partial charge in [0.05, 0.1) is 0 Å². The minimum Gasteiger partial charge on any atom is -0.477 e. The lowest BCUT2D eigenvalue weighted by Crippen LogP contribution is -2.27. The Morgan fingerprint density at radius 3 is 2.30 bits per heavy atom. The first kappa shape index (κ1) is 18.5. The maximum absolute atomic E-state index is 12.5. The first-order valence-electron chi connectivity index (χ1n) is 8.69. The van der Waals surface area contributed by atoms with Crippen LogP contribution in [0.3, 0.4) is 0 Å². The molecule has 3 rings (SSSR count). The third-order valence-corrected chi connectivity index (χ3v) is 4.34. The van der Waals surface area contributed by atoms with E-state index in [1.807, 2.05) is 42.5 Å². The molecule has 0 aliphatic rings. The van der Waals surface area contributed by atoms with E-state index in [4.69, 9.17) is 0 Å². The van der Waals surface area contributed by atoms with Crippen molar-refractivity contribution >= 4 is 28.9 Å². The third kappa shape index (κ3) is 4.26. The molecule has 5 nitrogen and oxygen atoms in total. The van der Waals surface area contributed by atoms with E-state index < -0.39 is 11.9 Å². The van der Waals surface area contributed by atoms with Crippen LogP contribution in [0.5, 0.6) is 0 Å². The molecule has 0 unspecified atom stereocenters. The van der Waals surface area contributed by atoms with E-state index in [0.717, 1.165) is 16.5 Å². The summed E-state index contributed by atoms with van der Waals surface area (Å²) in [6.07, 6.45) is 1.42. The fourth-order valence-electron chi connectivity index (χ4n) is 2.80. The molecule has 0 aliphatic heterocycles. The number of fused-ring (bicyclic) bond motifs is 1. The van der Waals surface area contributed by atoms with Crippen LogP contribution in [-0.4, -0.2) is 22.0 Å². The largest absolute Gasteiger partial charge is 0.477 e. The van der Waals surface area contributed by atoms with E-state index in [9.17, 15) is 14.7 Å². The van der Waals surface area contributed by atoms with Crippen molar-refractivity contribution in [3.63, 3.8) is 0 Å². The Labute approximate surface area is 157 Å². The number of carboxylic acids is 1. The molecule has 0 fully saturated rings. The number of rotatable bonds is 4. The van der Waals surface area contributed by atoms with E-state index in [-0.39, 0.29) is 11.1 Å². The number of hydrogen-bond donors (Lipinski definition) is 3. The number of carboxylic acid groups (broad SMARTS) is 1. The first-order valence-corrected chi connectivity index (χ1v) is 8.69. The van der Waals surface area contributed by atoms with Crippen molar-refractivity contribution in [2.45, 2.75) is 26.2 Å². The molecule has 0 saturated heterocycles. The van der Waals surface area contributed by atoms with Crippen molar-refractivity contribution in [3.05, 3.63) is 77.1 Å². The van der Waals surface area contributed by atoms with Gasteiger partial charge in [0.1, 0.15) is 5.70 Å². The van der Waals surface area contributed by atoms with Gasteiger partial charge in [-0.2, -0.15) is 0 Å².